The third-order valence-electron chi connectivity index (χ3n) is 2.37. The van der Waals surface area contributed by atoms with E-state index in [9.17, 15) is 4.79 Å². The Morgan fingerprint density at radius 1 is 1.19 bits per heavy atom. The molecular formula is C12H22N4O5. The van der Waals surface area contributed by atoms with Crippen molar-refractivity contribution in [2.75, 3.05) is 53.3 Å². The first-order valence-electron chi connectivity index (χ1n) is 6.69. The van der Waals surface area contributed by atoms with Crippen LogP contribution in [-0.4, -0.2) is 74.3 Å². The molecular weight excluding hydrogens is 280 g/mol. The van der Waals surface area contributed by atoms with Crippen LogP contribution in [0.1, 0.15) is 10.5 Å². The monoisotopic (exact) mass is 302 g/mol. The molecule has 120 valence electrons. The van der Waals surface area contributed by atoms with Crippen molar-refractivity contribution in [2.45, 2.75) is 6.54 Å². The van der Waals surface area contributed by atoms with Crippen LogP contribution in [0.5, 0.6) is 0 Å². The molecule has 9 nitrogen and oxygen atoms in total. The Hall–Kier alpha value is -1.55. The third kappa shape index (κ3) is 7.71. The quantitative estimate of drug-likeness (QED) is 0.389. The first kappa shape index (κ1) is 17.5. The molecule has 0 amide bonds. The zero-order valence-electron chi connectivity index (χ0n) is 12.2. The summed E-state index contributed by atoms with van der Waals surface area (Å²) in [5, 5.41) is 7.45. The molecule has 0 spiro atoms. The van der Waals surface area contributed by atoms with Gasteiger partial charge >= 0.3 is 5.97 Å². The van der Waals surface area contributed by atoms with Gasteiger partial charge in [0.1, 0.15) is 6.61 Å². The fourth-order valence-electron chi connectivity index (χ4n) is 1.36. The molecule has 1 aromatic rings. The second-order valence-corrected chi connectivity index (χ2v) is 4.01. The van der Waals surface area contributed by atoms with Crippen molar-refractivity contribution in [3.8, 4) is 0 Å². The predicted molar refractivity (Wildman–Crippen MR) is 72.9 cm³/mol. The number of esters is 1. The lowest BCUT2D eigenvalue weighted by Crippen LogP contribution is -2.14. The van der Waals surface area contributed by atoms with Crippen LogP contribution in [0.4, 0.5) is 0 Å². The standard InChI is InChI=1S/C12H22N4O5/c1-18-4-5-19-6-7-20-8-9-21-12(17)11-10-16(3-2-13)15-14-11/h10H,2-9,13H2,1H3. The first-order valence-corrected chi connectivity index (χ1v) is 6.69. The van der Waals surface area contributed by atoms with E-state index in [1.807, 2.05) is 0 Å². The second kappa shape index (κ2) is 11.1. The molecule has 9 heteroatoms. The van der Waals surface area contributed by atoms with Gasteiger partial charge in [-0.3, -0.25) is 4.68 Å². The number of carbonyl (C=O) groups excluding carboxylic acids is 1. The minimum absolute atomic E-state index is 0.153. The Labute approximate surface area is 123 Å². The van der Waals surface area contributed by atoms with Crippen LogP contribution in [0.3, 0.4) is 0 Å². The Morgan fingerprint density at radius 2 is 1.86 bits per heavy atom. The maximum absolute atomic E-state index is 11.6. The van der Waals surface area contributed by atoms with E-state index in [4.69, 9.17) is 24.7 Å². The maximum atomic E-state index is 11.6. The van der Waals surface area contributed by atoms with Crippen LogP contribution in [-0.2, 0) is 25.5 Å². The Kier molecular flexibility index (Phi) is 9.29. The average molecular weight is 302 g/mol. The summed E-state index contributed by atoms with van der Waals surface area (Å²) in [6, 6.07) is 0. The summed E-state index contributed by atoms with van der Waals surface area (Å²) in [6.45, 7) is 3.40. The van der Waals surface area contributed by atoms with Crippen molar-refractivity contribution in [3.05, 3.63) is 11.9 Å². The number of hydrogen-bond acceptors (Lipinski definition) is 8. The molecule has 0 saturated carbocycles. The lowest BCUT2D eigenvalue weighted by molar-refractivity contribution is 0.00548. The van der Waals surface area contributed by atoms with E-state index in [0.29, 0.717) is 46.1 Å². The number of rotatable bonds is 12. The van der Waals surface area contributed by atoms with E-state index in [-0.39, 0.29) is 12.3 Å². The van der Waals surface area contributed by atoms with Gasteiger partial charge in [0.15, 0.2) is 5.69 Å². The molecule has 0 aromatic carbocycles. The molecule has 0 bridgehead atoms. The first-order chi connectivity index (χ1) is 10.3. The molecule has 0 aliphatic carbocycles. The van der Waals surface area contributed by atoms with Crippen LogP contribution in [0.15, 0.2) is 6.20 Å². The molecule has 21 heavy (non-hydrogen) atoms. The zero-order valence-corrected chi connectivity index (χ0v) is 12.2. The van der Waals surface area contributed by atoms with Gasteiger partial charge in [-0.05, 0) is 0 Å². The fourth-order valence-corrected chi connectivity index (χ4v) is 1.36. The van der Waals surface area contributed by atoms with Gasteiger partial charge < -0.3 is 24.7 Å². The molecule has 0 aliphatic heterocycles. The number of methoxy groups -OCH3 is 1. The van der Waals surface area contributed by atoms with E-state index in [1.54, 1.807) is 7.11 Å². The average Bonchev–Trinajstić information content (AvgIpc) is 2.94. The van der Waals surface area contributed by atoms with Gasteiger partial charge in [-0.1, -0.05) is 5.21 Å². The van der Waals surface area contributed by atoms with E-state index >= 15 is 0 Å². The van der Waals surface area contributed by atoms with Gasteiger partial charge in [-0.15, -0.1) is 5.10 Å². The molecule has 0 fully saturated rings. The van der Waals surface area contributed by atoms with Gasteiger partial charge in [0.25, 0.3) is 0 Å². The Morgan fingerprint density at radius 3 is 2.52 bits per heavy atom. The van der Waals surface area contributed by atoms with Gasteiger partial charge in [-0.2, -0.15) is 0 Å². The van der Waals surface area contributed by atoms with Crippen molar-refractivity contribution in [1.82, 2.24) is 15.0 Å². The Balaban J connectivity index is 2.02. The van der Waals surface area contributed by atoms with E-state index in [1.165, 1.54) is 10.9 Å². The van der Waals surface area contributed by atoms with Crippen molar-refractivity contribution in [1.29, 1.82) is 0 Å². The summed E-state index contributed by atoms with van der Waals surface area (Å²) in [4.78, 5) is 11.6. The highest BCUT2D eigenvalue weighted by molar-refractivity contribution is 5.86. The van der Waals surface area contributed by atoms with Gasteiger partial charge in [-0.25, -0.2) is 4.79 Å². The summed E-state index contributed by atoms with van der Waals surface area (Å²) in [5.41, 5.74) is 5.53. The highest BCUT2D eigenvalue weighted by Gasteiger charge is 2.11. The second-order valence-electron chi connectivity index (χ2n) is 4.01. The van der Waals surface area contributed by atoms with Crippen LogP contribution < -0.4 is 5.73 Å². The van der Waals surface area contributed by atoms with Crippen LogP contribution in [0.2, 0.25) is 0 Å². The summed E-state index contributed by atoms with van der Waals surface area (Å²) < 4.78 is 21.8. The zero-order chi connectivity index (χ0) is 15.3. The van der Waals surface area contributed by atoms with Crippen molar-refractivity contribution in [3.63, 3.8) is 0 Å². The Bertz CT molecular complexity index is 399. The maximum Gasteiger partial charge on any atom is 0.360 e. The van der Waals surface area contributed by atoms with Gasteiger partial charge in [0.05, 0.1) is 45.8 Å². The highest BCUT2D eigenvalue weighted by atomic mass is 16.6. The van der Waals surface area contributed by atoms with Crippen LogP contribution in [0.25, 0.3) is 0 Å². The molecule has 0 unspecified atom stereocenters. The number of aromatic nitrogens is 3. The van der Waals surface area contributed by atoms with Crippen LogP contribution >= 0.6 is 0 Å². The topological polar surface area (TPSA) is 111 Å². The third-order valence-corrected chi connectivity index (χ3v) is 2.37. The molecule has 1 rings (SSSR count). The number of carbonyl (C=O) groups is 1. The van der Waals surface area contributed by atoms with E-state index in [2.05, 4.69) is 10.3 Å². The number of nitrogens with two attached hydrogens (primary N) is 1. The number of ether oxygens (including phenoxy) is 4. The molecule has 2 N–H and O–H groups in total. The van der Waals surface area contributed by atoms with E-state index in [0.717, 1.165) is 0 Å². The van der Waals surface area contributed by atoms with Crippen LogP contribution in [0, 0.1) is 0 Å². The van der Waals surface area contributed by atoms with Crippen molar-refractivity contribution in [2.24, 2.45) is 5.73 Å². The lowest BCUT2D eigenvalue weighted by atomic mass is 10.5. The minimum Gasteiger partial charge on any atom is -0.458 e. The van der Waals surface area contributed by atoms with Crippen molar-refractivity contribution < 1.29 is 23.7 Å². The molecule has 0 atom stereocenters. The molecule has 1 heterocycles. The normalized spacial score (nSPS) is 10.8. The van der Waals surface area contributed by atoms with Gasteiger partial charge in [0.2, 0.25) is 0 Å². The molecule has 0 saturated heterocycles. The summed E-state index contributed by atoms with van der Waals surface area (Å²) in [6.07, 6.45) is 1.50. The largest absolute Gasteiger partial charge is 0.458 e. The summed E-state index contributed by atoms with van der Waals surface area (Å²) in [7, 11) is 1.61. The molecule has 0 radical (unpaired) electrons. The van der Waals surface area contributed by atoms with Gasteiger partial charge in [0, 0.05) is 13.7 Å². The summed E-state index contributed by atoms with van der Waals surface area (Å²) >= 11 is 0. The number of hydrogen-bond donors (Lipinski definition) is 1. The fraction of sp³-hybridized carbons (Fsp3) is 0.750. The smallest absolute Gasteiger partial charge is 0.360 e. The number of nitrogens with zero attached hydrogens (tertiary/aromatic N) is 3. The van der Waals surface area contributed by atoms with Crippen molar-refractivity contribution >= 4 is 5.97 Å². The summed E-state index contributed by atoms with van der Waals surface area (Å²) in [5.74, 6) is -0.529. The molecule has 0 aliphatic rings. The SMILES string of the molecule is COCCOCCOCCOC(=O)c1cn(CCN)nn1. The minimum atomic E-state index is -0.529. The highest BCUT2D eigenvalue weighted by Crippen LogP contribution is 1.96. The predicted octanol–water partition coefficient (Wildman–Crippen LogP) is -0.927. The lowest BCUT2D eigenvalue weighted by Gasteiger charge is -2.05. The van der Waals surface area contributed by atoms with E-state index < -0.39 is 5.97 Å². The molecule has 1 aromatic heterocycles.